The number of aromatic hydroxyl groups is 1. The van der Waals surface area contributed by atoms with E-state index >= 15 is 0 Å². The first-order chi connectivity index (χ1) is 13.5. The normalized spacial score (nSPS) is 10.9. The molecule has 4 rings (SSSR count). The molecule has 7 heteroatoms. The predicted molar refractivity (Wildman–Crippen MR) is 108 cm³/mol. The number of non-ortho nitro benzene ring substituents is 1. The van der Waals surface area contributed by atoms with E-state index in [0.29, 0.717) is 16.1 Å². The van der Waals surface area contributed by atoms with Crippen molar-refractivity contribution in [2.75, 3.05) is 0 Å². The summed E-state index contributed by atoms with van der Waals surface area (Å²) < 4.78 is 1.02. The predicted octanol–water partition coefficient (Wildman–Crippen LogP) is 5.00. The van der Waals surface area contributed by atoms with Gasteiger partial charge in [-0.3, -0.25) is 14.9 Å². The van der Waals surface area contributed by atoms with Gasteiger partial charge in [0.25, 0.3) is 5.69 Å². The topological polar surface area (TPSA) is 93.3 Å². The molecule has 0 bridgehead atoms. The summed E-state index contributed by atoms with van der Waals surface area (Å²) in [4.78, 5) is 27.3. The van der Waals surface area contributed by atoms with Gasteiger partial charge in [-0.05, 0) is 42.0 Å². The van der Waals surface area contributed by atoms with Crippen LogP contribution in [0.25, 0.3) is 20.8 Å². The number of nitrogens with zero attached hydrogens (tertiary/aromatic N) is 2. The lowest BCUT2D eigenvalue weighted by atomic mass is 10.0. The Morgan fingerprint density at radius 1 is 1.07 bits per heavy atom. The van der Waals surface area contributed by atoms with Crippen molar-refractivity contribution in [2.45, 2.75) is 6.42 Å². The fraction of sp³-hybridized carbons (Fsp3) is 0.0476. The third-order valence-corrected chi connectivity index (χ3v) is 5.42. The van der Waals surface area contributed by atoms with E-state index < -0.39 is 4.92 Å². The van der Waals surface area contributed by atoms with E-state index in [1.54, 1.807) is 18.2 Å². The summed E-state index contributed by atoms with van der Waals surface area (Å²) in [6.45, 7) is 0. The highest BCUT2D eigenvalue weighted by atomic mass is 32.1. The third kappa shape index (κ3) is 3.47. The van der Waals surface area contributed by atoms with Crippen molar-refractivity contribution in [3.63, 3.8) is 0 Å². The number of Topliss-reactive ketones (excluding diaryl/α,β-unsaturated/α-hetero) is 1. The maximum atomic E-state index is 12.5. The Labute approximate surface area is 163 Å². The lowest BCUT2D eigenvalue weighted by Crippen LogP contribution is -2.03. The Balaban J connectivity index is 1.61. The first-order valence-electron chi connectivity index (χ1n) is 8.47. The monoisotopic (exact) mass is 390 g/mol. The largest absolute Gasteiger partial charge is 0.507 e. The molecule has 0 fully saturated rings. The SMILES string of the molecule is O=C(Cc1ccc(O)c(-c2nc3ccccc3s2)c1)c1ccc([N+](=O)[O-])cc1. The number of phenols is 1. The molecule has 1 aromatic heterocycles. The molecule has 0 aliphatic heterocycles. The number of hydrogen-bond acceptors (Lipinski definition) is 6. The van der Waals surface area contributed by atoms with Crippen LogP contribution in [0, 0.1) is 10.1 Å². The minimum absolute atomic E-state index is 0.0562. The maximum absolute atomic E-state index is 12.5. The number of para-hydroxylation sites is 1. The van der Waals surface area contributed by atoms with Crippen LogP contribution in [0.4, 0.5) is 5.69 Å². The Hall–Kier alpha value is -3.58. The first-order valence-corrected chi connectivity index (χ1v) is 9.28. The smallest absolute Gasteiger partial charge is 0.269 e. The summed E-state index contributed by atoms with van der Waals surface area (Å²) in [6, 6.07) is 18.3. The highest BCUT2D eigenvalue weighted by Gasteiger charge is 2.14. The Morgan fingerprint density at radius 2 is 1.82 bits per heavy atom. The summed E-state index contributed by atoms with van der Waals surface area (Å²) in [5.74, 6) is -0.0542. The molecule has 0 amide bonds. The molecule has 4 aromatic rings. The number of rotatable bonds is 5. The van der Waals surface area contributed by atoms with Gasteiger partial charge in [-0.2, -0.15) is 0 Å². The van der Waals surface area contributed by atoms with Gasteiger partial charge in [0.2, 0.25) is 0 Å². The molecule has 0 aliphatic carbocycles. The number of carbonyl (C=O) groups is 1. The van der Waals surface area contributed by atoms with Crippen LogP contribution in [0.1, 0.15) is 15.9 Å². The van der Waals surface area contributed by atoms with Crippen LogP contribution in [-0.4, -0.2) is 20.8 Å². The molecule has 1 heterocycles. The van der Waals surface area contributed by atoms with Crippen molar-refractivity contribution in [1.82, 2.24) is 4.98 Å². The second-order valence-electron chi connectivity index (χ2n) is 6.24. The van der Waals surface area contributed by atoms with Gasteiger partial charge in [-0.1, -0.05) is 18.2 Å². The number of ketones is 1. The van der Waals surface area contributed by atoms with Crippen LogP contribution in [0.3, 0.4) is 0 Å². The van der Waals surface area contributed by atoms with Gasteiger partial charge in [0, 0.05) is 24.1 Å². The second kappa shape index (κ2) is 7.21. The number of nitro groups is 1. The van der Waals surface area contributed by atoms with E-state index in [1.165, 1.54) is 35.6 Å². The highest BCUT2D eigenvalue weighted by Crippen LogP contribution is 2.35. The summed E-state index contributed by atoms with van der Waals surface area (Å²) in [6.07, 6.45) is 0.121. The molecule has 3 aromatic carbocycles. The van der Waals surface area contributed by atoms with Crippen LogP contribution in [0.15, 0.2) is 66.7 Å². The zero-order valence-corrected chi connectivity index (χ0v) is 15.3. The van der Waals surface area contributed by atoms with Crippen molar-refractivity contribution in [2.24, 2.45) is 0 Å². The fourth-order valence-electron chi connectivity index (χ4n) is 2.91. The van der Waals surface area contributed by atoms with Crippen molar-refractivity contribution < 1.29 is 14.8 Å². The van der Waals surface area contributed by atoms with E-state index in [1.807, 2.05) is 24.3 Å². The average Bonchev–Trinajstić information content (AvgIpc) is 3.13. The molecule has 0 atom stereocenters. The van der Waals surface area contributed by atoms with E-state index in [2.05, 4.69) is 4.98 Å². The fourth-order valence-corrected chi connectivity index (χ4v) is 3.90. The lowest BCUT2D eigenvalue weighted by Gasteiger charge is -2.06. The number of thiazole rings is 1. The molecule has 0 unspecified atom stereocenters. The molecular formula is C21H14N2O4S. The maximum Gasteiger partial charge on any atom is 0.269 e. The van der Waals surface area contributed by atoms with Gasteiger partial charge in [-0.25, -0.2) is 4.98 Å². The number of fused-ring (bicyclic) bond motifs is 1. The van der Waals surface area contributed by atoms with Gasteiger partial charge in [0.05, 0.1) is 20.7 Å². The molecule has 6 nitrogen and oxygen atoms in total. The Kier molecular flexibility index (Phi) is 4.58. The number of nitro benzene ring substituents is 1. The number of benzene rings is 3. The number of carbonyl (C=O) groups excluding carboxylic acids is 1. The summed E-state index contributed by atoms with van der Waals surface area (Å²) >= 11 is 1.47. The number of phenolic OH excluding ortho intramolecular Hbond substituents is 1. The van der Waals surface area contributed by atoms with Crippen LogP contribution < -0.4 is 0 Å². The van der Waals surface area contributed by atoms with Crippen molar-refractivity contribution in [3.05, 3.63) is 88.0 Å². The van der Waals surface area contributed by atoms with Gasteiger partial charge in [0.1, 0.15) is 10.8 Å². The van der Waals surface area contributed by atoms with E-state index in [-0.39, 0.29) is 23.6 Å². The third-order valence-electron chi connectivity index (χ3n) is 4.35. The molecule has 0 spiro atoms. The Bertz CT molecular complexity index is 1170. The van der Waals surface area contributed by atoms with Crippen molar-refractivity contribution >= 4 is 33.0 Å². The minimum Gasteiger partial charge on any atom is -0.507 e. The standard InChI is InChI=1S/C21H14N2O4S/c24-18-10-5-13(12-19(25)14-6-8-15(9-7-14)23(26)27)11-16(18)21-22-17-3-1-2-4-20(17)28-21/h1-11,24H,12H2. The van der Waals surface area contributed by atoms with E-state index in [0.717, 1.165) is 15.8 Å². The molecule has 28 heavy (non-hydrogen) atoms. The minimum atomic E-state index is -0.501. The highest BCUT2D eigenvalue weighted by molar-refractivity contribution is 7.21. The molecule has 0 saturated heterocycles. The van der Waals surface area contributed by atoms with Crippen LogP contribution in [-0.2, 0) is 6.42 Å². The second-order valence-corrected chi connectivity index (χ2v) is 7.27. The van der Waals surface area contributed by atoms with Crippen molar-refractivity contribution in [1.29, 1.82) is 0 Å². The van der Waals surface area contributed by atoms with Gasteiger partial charge >= 0.3 is 0 Å². The summed E-state index contributed by atoms with van der Waals surface area (Å²) in [5, 5.41) is 21.7. The number of aromatic nitrogens is 1. The van der Waals surface area contributed by atoms with Gasteiger partial charge < -0.3 is 5.11 Å². The van der Waals surface area contributed by atoms with Crippen molar-refractivity contribution in [3.8, 4) is 16.3 Å². The van der Waals surface area contributed by atoms with Crippen LogP contribution >= 0.6 is 11.3 Å². The molecule has 0 aliphatic rings. The molecular weight excluding hydrogens is 376 g/mol. The number of hydrogen-bond donors (Lipinski definition) is 1. The first kappa shape index (κ1) is 17.8. The molecule has 0 saturated carbocycles. The summed E-state index contributed by atoms with van der Waals surface area (Å²) in [5.41, 5.74) is 2.51. The molecule has 138 valence electrons. The van der Waals surface area contributed by atoms with E-state index in [4.69, 9.17) is 0 Å². The summed E-state index contributed by atoms with van der Waals surface area (Å²) in [7, 11) is 0. The van der Waals surface area contributed by atoms with Crippen LogP contribution in [0.5, 0.6) is 5.75 Å². The van der Waals surface area contributed by atoms with E-state index in [9.17, 15) is 20.0 Å². The molecule has 1 N–H and O–H groups in total. The van der Waals surface area contributed by atoms with Gasteiger partial charge in [0.15, 0.2) is 5.78 Å². The van der Waals surface area contributed by atoms with Crippen LogP contribution in [0.2, 0.25) is 0 Å². The molecule has 0 radical (unpaired) electrons. The quantitative estimate of drug-likeness (QED) is 0.294. The zero-order valence-electron chi connectivity index (χ0n) is 14.5. The lowest BCUT2D eigenvalue weighted by molar-refractivity contribution is -0.384. The van der Waals surface area contributed by atoms with Gasteiger partial charge in [-0.15, -0.1) is 11.3 Å². The zero-order chi connectivity index (χ0) is 19.7. The Morgan fingerprint density at radius 3 is 2.54 bits per heavy atom. The average molecular weight is 390 g/mol.